The van der Waals surface area contributed by atoms with E-state index in [4.69, 9.17) is 0 Å². The molecule has 5 heteroatoms. The first-order valence-electron chi connectivity index (χ1n) is 7.52. The molecule has 0 bridgehead atoms. The molecule has 21 heavy (non-hydrogen) atoms. The average molecular weight is 289 g/mol. The van der Waals surface area contributed by atoms with Crippen LogP contribution in [0.2, 0.25) is 0 Å². The van der Waals surface area contributed by atoms with Gasteiger partial charge in [0.15, 0.2) is 0 Å². The van der Waals surface area contributed by atoms with Crippen molar-refractivity contribution in [2.24, 2.45) is 0 Å². The number of para-hydroxylation sites is 1. The van der Waals surface area contributed by atoms with Crippen LogP contribution in [0.25, 0.3) is 0 Å². The van der Waals surface area contributed by atoms with Crippen LogP contribution >= 0.6 is 0 Å². The van der Waals surface area contributed by atoms with Crippen molar-refractivity contribution in [1.29, 1.82) is 0 Å². The van der Waals surface area contributed by atoms with Gasteiger partial charge in [0.05, 0.1) is 0 Å². The van der Waals surface area contributed by atoms with Crippen LogP contribution in [0.15, 0.2) is 24.3 Å². The first-order chi connectivity index (χ1) is 10.1. The van der Waals surface area contributed by atoms with E-state index in [2.05, 4.69) is 16.7 Å². The highest BCUT2D eigenvalue weighted by atomic mass is 16.2. The standard InChI is InChI=1S/C16H23N3O2/c1-3-9-17-16(21)18-10-8-13-11-19(12(2)20)15-7-5-4-6-14(13)15/h4-7,13H,3,8-11H2,1-2H3,(H2,17,18,21). The van der Waals surface area contributed by atoms with Crippen molar-refractivity contribution in [3.05, 3.63) is 29.8 Å². The van der Waals surface area contributed by atoms with Crippen molar-refractivity contribution < 1.29 is 9.59 Å². The Kier molecular flexibility index (Phi) is 5.20. The molecule has 0 saturated heterocycles. The van der Waals surface area contributed by atoms with Crippen LogP contribution in [-0.2, 0) is 4.79 Å². The SMILES string of the molecule is CCCNC(=O)NCCC1CN(C(C)=O)c2ccccc21. The van der Waals surface area contributed by atoms with Crippen LogP contribution in [-0.4, -0.2) is 31.6 Å². The largest absolute Gasteiger partial charge is 0.338 e. The van der Waals surface area contributed by atoms with Gasteiger partial charge in [0.1, 0.15) is 0 Å². The van der Waals surface area contributed by atoms with Crippen LogP contribution in [0.3, 0.4) is 0 Å². The van der Waals surface area contributed by atoms with Gasteiger partial charge in [-0.15, -0.1) is 0 Å². The highest BCUT2D eigenvalue weighted by Gasteiger charge is 2.29. The first-order valence-corrected chi connectivity index (χ1v) is 7.52. The number of carbonyl (C=O) groups excluding carboxylic acids is 2. The Balaban J connectivity index is 1.90. The van der Waals surface area contributed by atoms with E-state index in [1.54, 1.807) is 6.92 Å². The molecule has 0 aromatic heterocycles. The maximum absolute atomic E-state index is 11.7. The van der Waals surface area contributed by atoms with Crippen LogP contribution in [0.4, 0.5) is 10.5 Å². The molecular formula is C16H23N3O2. The van der Waals surface area contributed by atoms with Gasteiger partial charge in [-0.3, -0.25) is 4.79 Å². The van der Waals surface area contributed by atoms with E-state index in [1.807, 2.05) is 30.0 Å². The van der Waals surface area contributed by atoms with Gasteiger partial charge in [0.2, 0.25) is 5.91 Å². The molecular weight excluding hydrogens is 266 g/mol. The van der Waals surface area contributed by atoms with Crippen LogP contribution in [0, 0.1) is 0 Å². The molecule has 0 fully saturated rings. The summed E-state index contributed by atoms with van der Waals surface area (Å²) in [5.74, 6) is 0.357. The summed E-state index contributed by atoms with van der Waals surface area (Å²) >= 11 is 0. The van der Waals surface area contributed by atoms with Gasteiger partial charge in [-0.05, 0) is 24.5 Å². The Labute approximate surface area is 125 Å². The van der Waals surface area contributed by atoms with Gasteiger partial charge in [-0.2, -0.15) is 0 Å². The summed E-state index contributed by atoms with van der Waals surface area (Å²) in [5.41, 5.74) is 2.20. The van der Waals surface area contributed by atoms with Crippen molar-refractivity contribution in [1.82, 2.24) is 10.6 Å². The number of amides is 3. The Hall–Kier alpha value is -2.04. The third-order valence-electron chi connectivity index (χ3n) is 3.76. The van der Waals surface area contributed by atoms with Gasteiger partial charge in [-0.1, -0.05) is 25.1 Å². The first kappa shape index (κ1) is 15.4. The zero-order valence-corrected chi connectivity index (χ0v) is 12.7. The summed E-state index contributed by atoms with van der Waals surface area (Å²) in [4.78, 5) is 25.0. The summed E-state index contributed by atoms with van der Waals surface area (Å²) in [6.07, 6.45) is 1.76. The fraction of sp³-hybridized carbons (Fsp3) is 0.500. The number of nitrogens with zero attached hydrogens (tertiary/aromatic N) is 1. The molecule has 1 aliphatic rings. The lowest BCUT2D eigenvalue weighted by Gasteiger charge is -2.15. The number of carbonyl (C=O) groups is 2. The van der Waals surface area contributed by atoms with Gasteiger partial charge in [0, 0.05) is 38.2 Å². The molecule has 114 valence electrons. The number of nitrogens with one attached hydrogen (secondary N) is 2. The lowest BCUT2D eigenvalue weighted by Crippen LogP contribution is -2.37. The van der Waals surface area contributed by atoms with E-state index in [1.165, 1.54) is 5.56 Å². The lowest BCUT2D eigenvalue weighted by atomic mass is 9.98. The second kappa shape index (κ2) is 7.11. The van der Waals surface area contributed by atoms with Gasteiger partial charge >= 0.3 is 6.03 Å². The normalized spacial score (nSPS) is 16.5. The molecule has 1 heterocycles. The van der Waals surface area contributed by atoms with E-state index in [0.717, 1.165) is 18.5 Å². The van der Waals surface area contributed by atoms with Crippen molar-refractivity contribution >= 4 is 17.6 Å². The molecule has 1 aliphatic heterocycles. The van der Waals surface area contributed by atoms with E-state index in [0.29, 0.717) is 19.6 Å². The summed E-state index contributed by atoms with van der Waals surface area (Å²) in [7, 11) is 0. The van der Waals surface area contributed by atoms with E-state index in [-0.39, 0.29) is 17.9 Å². The van der Waals surface area contributed by atoms with Gasteiger partial charge in [-0.25, -0.2) is 4.79 Å². The van der Waals surface area contributed by atoms with Crippen LogP contribution in [0.1, 0.15) is 38.2 Å². The fourth-order valence-corrected chi connectivity index (χ4v) is 2.70. The van der Waals surface area contributed by atoms with Crippen LogP contribution < -0.4 is 15.5 Å². The summed E-state index contributed by atoms with van der Waals surface area (Å²) in [6.45, 7) is 5.62. The minimum atomic E-state index is -0.119. The number of hydrogen-bond donors (Lipinski definition) is 2. The van der Waals surface area contributed by atoms with Gasteiger partial charge < -0.3 is 15.5 Å². The number of rotatable bonds is 5. The molecule has 1 aromatic rings. The molecule has 1 unspecified atom stereocenters. The monoisotopic (exact) mass is 289 g/mol. The second-order valence-electron chi connectivity index (χ2n) is 5.36. The molecule has 2 rings (SSSR count). The number of fused-ring (bicyclic) bond motifs is 1. The average Bonchev–Trinajstić information content (AvgIpc) is 2.84. The minimum Gasteiger partial charge on any atom is -0.338 e. The molecule has 1 atom stereocenters. The Morgan fingerprint density at radius 1 is 1.24 bits per heavy atom. The maximum Gasteiger partial charge on any atom is 0.314 e. The Morgan fingerprint density at radius 3 is 2.67 bits per heavy atom. The molecule has 0 aliphatic carbocycles. The van der Waals surface area contributed by atoms with Crippen molar-refractivity contribution in [2.75, 3.05) is 24.5 Å². The number of urea groups is 1. The summed E-state index contributed by atoms with van der Waals surface area (Å²) in [5, 5.41) is 5.66. The number of hydrogen-bond acceptors (Lipinski definition) is 2. The molecule has 0 radical (unpaired) electrons. The van der Waals surface area contributed by atoms with Gasteiger partial charge in [0.25, 0.3) is 0 Å². The summed E-state index contributed by atoms with van der Waals surface area (Å²) in [6, 6.07) is 7.88. The summed E-state index contributed by atoms with van der Waals surface area (Å²) < 4.78 is 0. The Morgan fingerprint density at radius 2 is 1.95 bits per heavy atom. The highest BCUT2D eigenvalue weighted by Crippen LogP contribution is 2.37. The van der Waals surface area contributed by atoms with Crippen molar-refractivity contribution in [2.45, 2.75) is 32.6 Å². The minimum absolute atomic E-state index is 0.0681. The zero-order chi connectivity index (χ0) is 15.2. The van der Waals surface area contributed by atoms with E-state index in [9.17, 15) is 9.59 Å². The van der Waals surface area contributed by atoms with Crippen molar-refractivity contribution in [3.8, 4) is 0 Å². The van der Waals surface area contributed by atoms with Crippen molar-refractivity contribution in [3.63, 3.8) is 0 Å². The topological polar surface area (TPSA) is 61.4 Å². The molecule has 5 nitrogen and oxygen atoms in total. The quantitative estimate of drug-likeness (QED) is 0.873. The molecule has 1 aromatic carbocycles. The number of anilines is 1. The highest BCUT2D eigenvalue weighted by molar-refractivity contribution is 5.94. The third-order valence-corrected chi connectivity index (χ3v) is 3.76. The third kappa shape index (κ3) is 3.74. The lowest BCUT2D eigenvalue weighted by molar-refractivity contribution is -0.116. The molecule has 0 spiro atoms. The second-order valence-corrected chi connectivity index (χ2v) is 5.36. The number of benzene rings is 1. The predicted octanol–water partition coefficient (Wildman–Crippen LogP) is 2.24. The zero-order valence-electron chi connectivity index (χ0n) is 12.7. The Bertz CT molecular complexity index is 516. The predicted molar refractivity (Wildman–Crippen MR) is 83.5 cm³/mol. The molecule has 2 N–H and O–H groups in total. The van der Waals surface area contributed by atoms with E-state index >= 15 is 0 Å². The maximum atomic E-state index is 11.7. The van der Waals surface area contributed by atoms with Crippen LogP contribution in [0.5, 0.6) is 0 Å². The fourth-order valence-electron chi connectivity index (χ4n) is 2.70. The molecule has 3 amide bonds. The van der Waals surface area contributed by atoms with E-state index < -0.39 is 0 Å². The smallest absolute Gasteiger partial charge is 0.314 e. The molecule has 0 saturated carbocycles.